The molecule has 1 heterocycles. The Morgan fingerprint density at radius 2 is 2.16 bits per heavy atom. The second-order valence-corrected chi connectivity index (χ2v) is 4.28. The Hall–Kier alpha value is -2.22. The molecule has 19 heavy (non-hydrogen) atoms. The number of anilines is 1. The highest BCUT2D eigenvalue weighted by molar-refractivity contribution is 9.10. The van der Waals surface area contributed by atoms with E-state index in [0.717, 1.165) is 0 Å². The average Bonchev–Trinajstić information content (AvgIpc) is 2.41. The van der Waals surface area contributed by atoms with E-state index in [-0.39, 0.29) is 17.3 Å². The van der Waals surface area contributed by atoms with Crippen molar-refractivity contribution >= 4 is 27.6 Å². The minimum absolute atomic E-state index is 0.119. The summed E-state index contributed by atoms with van der Waals surface area (Å²) in [4.78, 5) is 18.4. The van der Waals surface area contributed by atoms with Crippen molar-refractivity contribution in [2.24, 2.45) is 0 Å². The van der Waals surface area contributed by atoms with Gasteiger partial charge in [-0.05, 0) is 22.0 Å². The van der Waals surface area contributed by atoms with Gasteiger partial charge in [-0.25, -0.2) is 4.98 Å². The van der Waals surface area contributed by atoms with Crippen LogP contribution >= 0.6 is 15.9 Å². The summed E-state index contributed by atoms with van der Waals surface area (Å²) in [6, 6.07) is 6.09. The van der Waals surface area contributed by atoms with Crippen molar-refractivity contribution in [2.45, 2.75) is 0 Å². The lowest BCUT2D eigenvalue weighted by molar-refractivity contribution is -0.385. The highest BCUT2D eigenvalue weighted by Crippen LogP contribution is 2.33. The molecule has 0 amide bonds. The summed E-state index contributed by atoms with van der Waals surface area (Å²) in [5, 5.41) is 13.6. The predicted molar refractivity (Wildman–Crippen MR) is 72.4 cm³/mol. The molecule has 0 bridgehead atoms. The quantitative estimate of drug-likeness (QED) is 0.686. The zero-order valence-electron chi connectivity index (χ0n) is 9.83. The molecule has 0 unspecified atom stereocenters. The minimum Gasteiger partial charge on any atom is -0.430 e. The number of nitrogens with zero attached hydrogens (tertiary/aromatic N) is 3. The molecular weight excluding hydrogens is 316 g/mol. The van der Waals surface area contributed by atoms with Crippen LogP contribution in [0.3, 0.4) is 0 Å². The maximum atomic E-state index is 10.9. The molecule has 0 radical (unpaired) electrons. The van der Waals surface area contributed by atoms with Crippen LogP contribution < -0.4 is 10.1 Å². The molecule has 1 aromatic carbocycles. The van der Waals surface area contributed by atoms with E-state index in [1.807, 2.05) is 0 Å². The van der Waals surface area contributed by atoms with Gasteiger partial charge < -0.3 is 10.1 Å². The fraction of sp³-hybridized carbons (Fsp3) is 0.0909. The van der Waals surface area contributed by atoms with Crippen molar-refractivity contribution in [3.8, 4) is 11.6 Å². The number of halogens is 1. The molecule has 0 spiro atoms. The van der Waals surface area contributed by atoms with Gasteiger partial charge in [0, 0.05) is 13.1 Å². The maximum absolute atomic E-state index is 10.9. The normalized spacial score (nSPS) is 10.0. The van der Waals surface area contributed by atoms with Crippen molar-refractivity contribution in [1.82, 2.24) is 9.97 Å². The van der Waals surface area contributed by atoms with E-state index in [2.05, 4.69) is 31.2 Å². The Morgan fingerprint density at radius 3 is 2.84 bits per heavy atom. The molecule has 0 saturated carbocycles. The fourth-order valence-corrected chi connectivity index (χ4v) is 1.61. The van der Waals surface area contributed by atoms with Gasteiger partial charge in [-0.3, -0.25) is 10.1 Å². The highest BCUT2D eigenvalue weighted by atomic mass is 79.9. The Bertz CT molecular complexity index is 621. The van der Waals surface area contributed by atoms with Crippen LogP contribution in [0.1, 0.15) is 0 Å². The molecular formula is C11H9BrN4O3. The summed E-state index contributed by atoms with van der Waals surface area (Å²) in [7, 11) is 1.66. The molecule has 0 saturated heterocycles. The first kappa shape index (κ1) is 13.2. The molecule has 2 aromatic rings. The van der Waals surface area contributed by atoms with E-state index >= 15 is 0 Å². The third kappa shape index (κ3) is 2.97. The lowest BCUT2D eigenvalue weighted by Gasteiger charge is -2.07. The Morgan fingerprint density at radius 1 is 1.42 bits per heavy atom. The number of para-hydroxylation sites is 2. The summed E-state index contributed by atoms with van der Waals surface area (Å²) in [6.45, 7) is 0. The zero-order valence-corrected chi connectivity index (χ0v) is 11.4. The maximum Gasteiger partial charge on any atom is 0.311 e. The lowest BCUT2D eigenvalue weighted by atomic mass is 10.3. The van der Waals surface area contributed by atoms with Gasteiger partial charge in [0.05, 0.1) is 15.6 Å². The third-order valence-electron chi connectivity index (χ3n) is 2.20. The lowest BCUT2D eigenvalue weighted by Crippen LogP contribution is -1.99. The Labute approximate surface area is 116 Å². The molecule has 8 heteroatoms. The molecule has 0 aliphatic heterocycles. The minimum atomic E-state index is -0.511. The van der Waals surface area contributed by atoms with E-state index < -0.39 is 4.92 Å². The molecule has 1 aromatic heterocycles. The van der Waals surface area contributed by atoms with Gasteiger partial charge in [0.15, 0.2) is 0 Å². The molecule has 1 N–H and O–H groups in total. The van der Waals surface area contributed by atoms with Crippen LogP contribution in [0.2, 0.25) is 0 Å². The Kier molecular flexibility index (Phi) is 3.91. The number of aromatic nitrogens is 2. The van der Waals surface area contributed by atoms with E-state index in [0.29, 0.717) is 10.4 Å². The average molecular weight is 325 g/mol. The van der Waals surface area contributed by atoms with Crippen molar-refractivity contribution in [3.05, 3.63) is 45.0 Å². The van der Waals surface area contributed by atoms with Crippen LogP contribution in [-0.4, -0.2) is 21.9 Å². The third-order valence-corrected chi connectivity index (χ3v) is 2.75. The molecule has 0 aliphatic carbocycles. The predicted octanol–water partition coefficient (Wildman–Crippen LogP) is 2.98. The fourth-order valence-electron chi connectivity index (χ4n) is 1.34. The zero-order chi connectivity index (χ0) is 13.8. The summed E-state index contributed by atoms with van der Waals surface area (Å²) < 4.78 is 5.97. The van der Waals surface area contributed by atoms with Crippen molar-refractivity contribution < 1.29 is 9.66 Å². The van der Waals surface area contributed by atoms with Crippen molar-refractivity contribution in [2.75, 3.05) is 12.4 Å². The van der Waals surface area contributed by atoms with Crippen molar-refractivity contribution in [1.29, 1.82) is 0 Å². The van der Waals surface area contributed by atoms with Gasteiger partial charge in [-0.1, -0.05) is 12.1 Å². The van der Waals surface area contributed by atoms with Crippen LogP contribution in [0.15, 0.2) is 34.9 Å². The molecule has 2 rings (SSSR count). The van der Waals surface area contributed by atoms with Crippen LogP contribution in [0, 0.1) is 10.1 Å². The molecule has 0 atom stereocenters. The van der Waals surface area contributed by atoms with E-state index in [9.17, 15) is 10.1 Å². The number of ether oxygens (including phenoxy) is 1. The molecule has 98 valence electrons. The number of rotatable bonds is 4. The summed E-state index contributed by atoms with van der Waals surface area (Å²) in [5.41, 5.74) is -0.126. The van der Waals surface area contributed by atoms with E-state index in [1.54, 1.807) is 19.2 Å². The first-order valence-corrected chi connectivity index (χ1v) is 6.02. The first-order chi connectivity index (χ1) is 9.11. The van der Waals surface area contributed by atoms with Gasteiger partial charge >= 0.3 is 5.69 Å². The number of benzene rings is 1. The summed E-state index contributed by atoms with van der Waals surface area (Å²) >= 11 is 3.23. The monoisotopic (exact) mass is 324 g/mol. The summed E-state index contributed by atoms with van der Waals surface area (Å²) in [6.07, 6.45) is 1.50. The van der Waals surface area contributed by atoms with Gasteiger partial charge in [-0.2, -0.15) is 4.98 Å². The SMILES string of the molecule is CNc1ncc(Br)c(Oc2ccccc2[N+](=O)[O-])n1. The molecule has 0 fully saturated rings. The van der Waals surface area contributed by atoms with Crippen LogP contribution in [0.25, 0.3) is 0 Å². The van der Waals surface area contributed by atoms with Crippen LogP contribution in [0.4, 0.5) is 11.6 Å². The van der Waals surface area contributed by atoms with Gasteiger partial charge in [0.2, 0.25) is 17.6 Å². The topological polar surface area (TPSA) is 90.2 Å². The van der Waals surface area contributed by atoms with Gasteiger partial charge in [0.1, 0.15) is 0 Å². The van der Waals surface area contributed by atoms with E-state index in [1.165, 1.54) is 18.3 Å². The van der Waals surface area contributed by atoms with Gasteiger partial charge in [0.25, 0.3) is 0 Å². The number of nitro benzene ring substituents is 1. The number of nitro groups is 1. The van der Waals surface area contributed by atoms with Crippen LogP contribution in [0.5, 0.6) is 11.6 Å². The van der Waals surface area contributed by atoms with Crippen LogP contribution in [-0.2, 0) is 0 Å². The largest absolute Gasteiger partial charge is 0.430 e. The Balaban J connectivity index is 2.38. The standard InChI is InChI=1S/C11H9BrN4O3/c1-13-11-14-6-7(12)10(15-11)19-9-5-3-2-4-8(9)16(17)18/h2-6H,1H3,(H,13,14,15). The number of hydrogen-bond donors (Lipinski definition) is 1. The number of hydrogen-bond acceptors (Lipinski definition) is 6. The summed E-state index contributed by atoms with van der Waals surface area (Å²) in [5.74, 6) is 0.680. The van der Waals surface area contributed by atoms with Crippen molar-refractivity contribution in [3.63, 3.8) is 0 Å². The second-order valence-electron chi connectivity index (χ2n) is 3.42. The van der Waals surface area contributed by atoms with E-state index in [4.69, 9.17) is 4.74 Å². The smallest absolute Gasteiger partial charge is 0.311 e. The number of nitrogens with one attached hydrogen (secondary N) is 1. The molecule has 0 aliphatic rings. The first-order valence-electron chi connectivity index (χ1n) is 5.23. The van der Waals surface area contributed by atoms with Gasteiger partial charge in [-0.15, -0.1) is 0 Å². The second kappa shape index (κ2) is 5.61. The highest BCUT2D eigenvalue weighted by Gasteiger charge is 2.16. The molecule has 7 nitrogen and oxygen atoms in total.